The number of benzene rings is 1. The molecule has 1 aromatic carbocycles. The van der Waals surface area contributed by atoms with Crippen molar-refractivity contribution in [3.63, 3.8) is 0 Å². The molecule has 0 fully saturated rings. The molecule has 0 bridgehead atoms. The lowest BCUT2D eigenvalue weighted by Gasteiger charge is -2.13. The van der Waals surface area contributed by atoms with Gasteiger partial charge in [-0.25, -0.2) is 18.1 Å². The number of anilines is 1. The Balaban J connectivity index is 2.20. The van der Waals surface area contributed by atoms with Gasteiger partial charge in [0.2, 0.25) is 16.0 Å². The summed E-state index contributed by atoms with van der Waals surface area (Å²) in [6, 6.07) is 4.70. The Labute approximate surface area is 135 Å². The van der Waals surface area contributed by atoms with Crippen molar-refractivity contribution in [2.45, 2.75) is 18.4 Å². The summed E-state index contributed by atoms with van der Waals surface area (Å²) < 4.78 is 29.2. The molecule has 1 heterocycles. The van der Waals surface area contributed by atoms with E-state index in [9.17, 15) is 8.42 Å². The molecule has 1 aromatic heterocycles. The van der Waals surface area contributed by atoms with Crippen molar-refractivity contribution in [3.8, 4) is 0 Å². The van der Waals surface area contributed by atoms with Gasteiger partial charge in [0, 0.05) is 26.2 Å². The predicted octanol–water partition coefficient (Wildman–Crippen LogP) is 1.93. The highest BCUT2D eigenvalue weighted by Gasteiger charge is 2.18. The fourth-order valence-corrected chi connectivity index (χ4v) is 3.62. The van der Waals surface area contributed by atoms with Crippen molar-refractivity contribution >= 4 is 27.6 Å². The number of rotatable bonds is 5. The first-order valence-corrected chi connectivity index (χ1v) is 8.52. The molecule has 6 nitrogen and oxygen atoms in total. The fraction of sp³-hybridized carbons (Fsp3) is 0.357. The molecule has 0 aliphatic carbocycles. The van der Waals surface area contributed by atoms with E-state index in [1.165, 1.54) is 6.07 Å². The van der Waals surface area contributed by atoms with Crippen molar-refractivity contribution in [2.24, 2.45) is 7.05 Å². The average molecular weight is 343 g/mol. The van der Waals surface area contributed by atoms with E-state index in [4.69, 9.17) is 11.6 Å². The first kappa shape index (κ1) is 16.8. The van der Waals surface area contributed by atoms with Crippen LogP contribution in [0.2, 0.25) is 5.02 Å². The van der Waals surface area contributed by atoms with Crippen LogP contribution < -0.4 is 9.62 Å². The van der Waals surface area contributed by atoms with Crippen LogP contribution >= 0.6 is 11.6 Å². The van der Waals surface area contributed by atoms with Crippen molar-refractivity contribution < 1.29 is 8.42 Å². The molecule has 0 radical (unpaired) electrons. The Morgan fingerprint density at radius 1 is 1.36 bits per heavy atom. The summed E-state index contributed by atoms with van der Waals surface area (Å²) in [5, 5.41) is 0.513. The van der Waals surface area contributed by atoms with Crippen LogP contribution in [-0.2, 0) is 23.6 Å². The molecule has 1 N–H and O–H groups in total. The molecule has 0 aliphatic rings. The van der Waals surface area contributed by atoms with E-state index in [1.807, 2.05) is 30.6 Å². The van der Waals surface area contributed by atoms with Gasteiger partial charge in [-0.3, -0.25) is 0 Å². The van der Waals surface area contributed by atoms with Gasteiger partial charge < -0.3 is 9.47 Å². The number of nitrogens with one attached hydrogen (secondary N) is 1. The second kappa shape index (κ2) is 6.28. The molecule has 0 saturated heterocycles. The molecule has 2 aromatic rings. The molecular weight excluding hydrogens is 324 g/mol. The Morgan fingerprint density at radius 3 is 2.59 bits per heavy atom. The van der Waals surface area contributed by atoms with Crippen LogP contribution in [0.15, 0.2) is 29.3 Å². The standard InChI is InChI=1S/C14H19ClN4O2S/c1-10-7-11(15)5-6-13(10)22(20,21)17-9-12-8-16-14(18(2)3)19(12)4/h5-8,17H,9H2,1-4H3. The SMILES string of the molecule is Cc1cc(Cl)ccc1S(=O)(=O)NCc1cnc(N(C)C)n1C. The highest BCUT2D eigenvalue weighted by atomic mass is 35.5. The minimum atomic E-state index is -3.60. The Kier molecular flexibility index (Phi) is 4.79. The van der Waals surface area contributed by atoms with Crippen LogP contribution in [0.4, 0.5) is 5.95 Å². The maximum atomic E-state index is 12.4. The topological polar surface area (TPSA) is 67.2 Å². The van der Waals surface area contributed by atoms with Crippen molar-refractivity contribution in [1.82, 2.24) is 14.3 Å². The number of imidazole rings is 1. The lowest BCUT2D eigenvalue weighted by molar-refractivity contribution is 0.578. The van der Waals surface area contributed by atoms with Gasteiger partial charge in [0.05, 0.1) is 23.3 Å². The summed E-state index contributed by atoms with van der Waals surface area (Å²) in [7, 11) is 2.01. The van der Waals surface area contributed by atoms with Crippen LogP contribution in [0.25, 0.3) is 0 Å². The van der Waals surface area contributed by atoms with Gasteiger partial charge in [0.15, 0.2) is 0 Å². The third-order valence-corrected chi connectivity index (χ3v) is 5.13. The molecule has 2 rings (SSSR count). The molecule has 0 atom stereocenters. The molecule has 0 aliphatic heterocycles. The Morgan fingerprint density at radius 2 is 2.05 bits per heavy atom. The van der Waals surface area contributed by atoms with E-state index in [0.29, 0.717) is 10.6 Å². The monoisotopic (exact) mass is 342 g/mol. The fourth-order valence-electron chi connectivity index (χ4n) is 2.17. The first-order valence-electron chi connectivity index (χ1n) is 6.66. The van der Waals surface area contributed by atoms with Gasteiger partial charge in [0.25, 0.3) is 0 Å². The van der Waals surface area contributed by atoms with Gasteiger partial charge in [-0.15, -0.1) is 0 Å². The molecule has 0 saturated carbocycles. The van der Waals surface area contributed by atoms with Crippen LogP contribution in [0.5, 0.6) is 0 Å². The smallest absolute Gasteiger partial charge is 0.241 e. The average Bonchev–Trinajstić information content (AvgIpc) is 2.77. The van der Waals surface area contributed by atoms with Gasteiger partial charge in [-0.05, 0) is 30.7 Å². The normalized spacial score (nSPS) is 11.7. The molecule has 22 heavy (non-hydrogen) atoms. The zero-order chi connectivity index (χ0) is 16.5. The van der Waals surface area contributed by atoms with Crippen LogP contribution in [-0.4, -0.2) is 32.1 Å². The number of hydrogen-bond donors (Lipinski definition) is 1. The number of aromatic nitrogens is 2. The van der Waals surface area contributed by atoms with Gasteiger partial charge in [-0.1, -0.05) is 11.6 Å². The summed E-state index contributed by atoms with van der Waals surface area (Å²) in [6.45, 7) is 1.89. The Hall–Kier alpha value is -1.57. The maximum absolute atomic E-state index is 12.4. The molecule has 120 valence electrons. The largest absolute Gasteiger partial charge is 0.348 e. The molecule has 8 heteroatoms. The minimum absolute atomic E-state index is 0.168. The zero-order valence-electron chi connectivity index (χ0n) is 13.0. The Bertz CT molecular complexity index is 784. The first-order chi connectivity index (χ1) is 10.2. The summed E-state index contributed by atoms with van der Waals surface area (Å²) in [5.41, 5.74) is 1.39. The number of halogens is 1. The highest BCUT2D eigenvalue weighted by Crippen LogP contribution is 2.20. The van der Waals surface area contributed by atoms with Crippen LogP contribution in [0, 0.1) is 6.92 Å². The third-order valence-electron chi connectivity index (χ3n) is 3.33. The van der Waals surface area contributed by atoms with E-state index in [2.05, 4.69) is 9.71 Å². The van der Waals surface area contributed by atoms with Crippen LogP contribution in [0.1, 0.15) is 11.3 Å². The van der Waals surface area contributed by atoms with E-state index >= 15 is 0 Å². The minimum Gasteiger partial charge on any atom is -0.348 e. The van der Waals surface area contributed by atoms with Crippen LogP contribution in [0.3, 0.4) is 0 Å². The van der Waals surface area contributed by atoms with Crippen molar-refractivity contribution in [2.75, 3.05) is 19.0 Å². The summed E-state index contributed by atoms with van der Waals surface area (Å²) >= 11 is 5.86. The predicted molar refractivity (Wildman–Crippen MR) is 87.7 cm³/mol. The van der Waals surface area contributed by atoms with Crippen molar-refractivity contribution in [1.29, 1.82) is 0 Å². The van der Waals surface area contributed by atoms with E-state index in [-0.39, 0.29) is 11.4 Å². The van der Waals surface area contributed by atoms with Crippen molar-refractivity contribution in [3.05, 3.63) is 40.7 Å². The third kappa shape index (κ3) is 3.43. The number of hydrogen-bond acceptors (Lipinski definition) is 4. The van der Waals surface area contributed by atoms with Gasteiger partial charge >= 0.3 is 0 Å². The second-order valence-corrected chi connectivity index (χ2v) is 7.41. The summed E-state index contributed by atoms with van der Waals surface area (Å²) in [5.74, 6) is 0.761. The number of aryl methyl sites for hydroxylation is 1. The van der Waals surface area contributed by atoms with E-state index in [1.54, 1.807) is 25.3 Å². The number of nitrogens with zero attached hydrogens (tertiary/aromatic N) is 3. The van der Waals surface area contributed by atoms with Gasteiger partial charge in [-0.2, -0.15) is 0 Å². The molecule has 0 amide bonds. The highest BCUT2D eigenvalue weighted by molar-refractivity contribution is 7.89. The quantitative estimate of drug-likeness (QED) is 0.901. The molecular formula is C14H19ClN4O2S. The van der Waals surface area contributed by atoms with Gasteiger partial charge in [0.1, 0.15) is 0 Å². The van der Waals surface area contributed by atoms with E-state index in [0.717, 1.165) is 11.6 Å². The summed E-state index contributed by atoms with van der Waals surface area (Å²) in [6.07, 6.45) is 1.66. The second-order valence-electron chi connectivity index (χ2n) is 5.24. The summed E-state index contributed by atoms with van der Waals surface area (Å²) in [4.78, 5) is 6.35. The number of sulfonamides is 1. The lowest BCUT2D eigenvalue weighted by atomic mass is 10.2. The van der Waals surface area contributed by atoms with E-state index < -0.39 is 10.0 Å². The lowest BCUT2D eigenvalue weighted by Crippen LogP contribution is -2.25. The zero-order valence-corrected chi connectivity index (χ0v) is 14.5. The maximum Gasteiger partial charge on any atom is 0.241 e. The molecule has 0 unspecified atom stereocenters. The molecule has 0 spiro atoms.